The number of esters is 1. The van der Waals surface area contributed by atoms with Crippen molar-refractivity contribution in [2.45, 2.75) is 32.4 Å². The molecule has 6 rings (SSSR count). The molecule has 0 spiro atoms. The van der Waals surface area contributed by atoms with Crippen LogP contribution >= 0.6 is 0 Å². The van der Waals surface area contributed by atoms with E-state index in [1.165, 1.54) is 7.11 Å². The third-order valence-corrected chi connectivity index (χ3v) is 6.88. The van der Waals surface area contributed by atoms with Gasteiger partial charge in [0.15, 0.2) is 0 Å². The first-order valence-corrected chi connectivity index (χ1v) is 13.1. The van der Waals surface area contributed by atoms with Gasteiger partial charge in [-0.25, -0.2) is 9.42 Å². The van der Waals surface area contributed by atoms with Gasteiger partial charge in [0.05, 0.1) is 36.2 Å². The molecule has 5 aromatic rings. The molecule has 0 radical (unpaired) electrons. The minimum Gasteiger partial charge on any atom is -0.491 e. The lowest BCUT2D eigenvalue weighted by Crippen LogP contribution is -2.19. The monoisotopic (exact) mass is 532 g/mol. The summed E-state index contributed by atoms with van der Waals surface area (Å²) >= 11 is 0. The van der Waals surface area contributed by atoms with E-state index in [0.717, 1.165) is 39.4 Å². The number of carbonyl (C=O) groups excluding carboxylic acids is 1. The minimum absolute atomic E-state index is 0.114. The van der Waals surface area contributed by atoms with E-state index in [1.807, 2.05) is 61.3 Å². The Morgan fingerprint density at radius 1 is 0.875 bits per heavy atom. The summed E-state index contributed by atoms with van der Waals surface area (Å²) in [6, 6.07) is 29.6. The van der Waals surface area contributed by atoms with E-state index in [2.05, 4.69) is 46.7 Å². The van der Waals surface area contributed by atoms with Crippen LogP contribution in [0.25, 0.3) is 22.2 Å². The number of nitrogens with zero attached hydrogens (tertiary/aromatic N) is 4. The van der Waals surface area contributed by atoms with Crippen molar-refractivity contribution in [1.82, 2.24) is 10.3 Å². The standard InChI is InChI=1S/C32H28N4O4/c1-20(2)39-27-14-11-22(12-15-27)21-7-9-23(10-8-21)29-19-31(24-13-16-28-30(18-24)35-40-34-28)36(33-29)26-6-4-5-25(17-26)32(37)38-3/h4-18,20,31H,19H2,1-3H3. The fraction of sp³-hybridized carbons (Fsp3) is 0.188. The molecule has 0 amide bonds. The molecule has 0 bridgehead atoms. The molecule has 8 heteroatoms. The number of rotatable bonds is 7. The zero-order chi connectivity index (χ0) is 27.6. The van der Waals surface area contributed by atoms with Crippen molar-refractivity contribution in [3.63, 3.8) is 0 Å². The highest BCUT2D eigenvalue weighted by atomic mass is 16.6. The van der Waals surface area contributed by atoms with Crippen molar-refractivity contribution >= 4 is 28.4 Å². The van der Waals surface area contributed by atoms with E-state index < -0.39 is 5.97 Å². The summed E-state index contributed by atoms with van der Waals surface area (Å²) in [5, 5.41) is 15.0. The predicted octanol–water partition coefficient (Wildman–Crippen LogP) is 6.82. The van der Waals surface area contributed by atoms with Crippen molar-refractivity contribution in [2.75, 3.05) is 12.1 Å². The molecule has 2 heterocycles. The summed E-state index contributed by atoms with van der Waals surface area (Å²) in [7, 11) is 1.38. The van der Waals surface area contributed by atoms with Gasteiger partial charge in [-0.1, -0.05) is 48.5 Å². The summed E-state index contributed by atoms with van der Waals surface area (Å²) in [6.07, 6.45) is 0.804. The molecule has 1 atom stereocenters. The van der Waals surface area contributed by atoms with Crippen LogP contribution in [0.1, 0.15) is 47.8 Å². The number of benzene rings is 4. The first-order valence-electron chi connectivity index (χ1n) is 13.1. The molecule has 0 saturated heterocycles. The van der Waals surface area contributed by atoms with Gasteiger partial charge in [-0.05, 0) is 88.9 Å². The van der Waals surface area contributed by atoms with Crippen molar-refractivity contribution in [3.8, 4) is 16.9 Å². The molecule has 4 aromatic carbocycles. The maximum Gasteiger partial charge on any atom is 0.337 e. The van der Waals surface area contributed by atoms with Crippen LogP contribution < -0.4 is 9.75 Å². The Balaban J connectivity index is 1.32. The number of anilines is 1. The zero-order valence-electron chi connectivity index (χ0n) is 22.4. The van der Waals surface area contributed by atoms with E-state index in [4.69, 9.17) is 19.2 Å². The van der Waals surface area contributed by atoms with Crippen molar-refractivity contribution in [2.24, 2.45) is 5.10 Å². The zero-order valence-corrected chi connectivity index (χ0v) is 22.4. The topological polar surface area (TPSA) is 90.0 Å². The van der Waals surface area contributed by atoms with Gasteiger partial charge in [0.25, 0.3) is 0 Å². The van der Waals surface area contributed by atoms with E-state index in [-0.39, 0.29) is 12.1 Å². The first kappa shape index (κ1) is 25.3. The molecule has 0 fully saturated rings. The van der Waals surface area contributed by atoms with Gasteiger partial charge in [-0.3, -0.25) is 5.01 Å². The van der Waals surface area contributed by atoms with Gasteiger partial charge in [0.1, 0.15) is 16.8 Å². The largest absolute Gasteiger partial charge is 0.491 e. The van der Waals surface area contributed by atoms with Crippen molar-refractivity contribution in [3.05, 3.63) is 108 Å². The summed E-state index contributed by atoms with van der Waals surface area (Å²) < 4.78 is 15.6. The Morgan fingerprint density at radius 3 is 2.30 bits per heavy atom. The number of aromatic nitrogens is 2. The Labute approximate surface area is 231 Å². The van der Waals surface area contributed by atoms with Crippen LogP contribution in [0.4, 0.5) is 5.69 Å². The Bertz CT molecular complexity index is 1690. The lowest BCUT2D eigenvalue weighted by Gasteiger charge is -2.24. The summed E-state index contributed by atoms with van der Waals surface area (Å²) in [4.78, 5) is 12.2. The van der Waals surface area contributed by atoms with E-state index in [1.54, 1.807) is 12.1 Å². The number of methoxy groups -OCH3 is 1. The van der Waals surface area contributed by atoms with E-state index in [0.29, 0.717) is 23.0 Å². The molecular formula is C32H28N4O4. The average Bonchev–Trinajstić information content (AvgIpc) is 3.64. The number of hydrogen-bond acceptors (Lipinski definition) is 8. The summed E-state index contributed by atoms with van der Waals surface area (Å²) in [5.41, 5.74) is 7.86. The molecule has 1 aromatic heterocycles. The highest BCUT2D eigenvalue weighted by molar-refractivity contribution is 6.04. The third-order valence-electron chi connectivity index (χ3n) is 6.88. The summed E-state index contributed by atoms with van der Waals surface area (Å²) in [5.74, 6) is 0.467. The number of ether oxygens (including phenoxy) is 2. The smallest absolute Gasteiger partial charge is 0.337 e. The molecule has 1 aliphatic rings. The van der Waals surface area contributed by atoms with Gasteiger partial charge in [-0.2, -0.15) is 5.10 Å². The molecule has 0 aliphatic carbocycles. The molecule has 40 heavy (non-hydrogen) atoms. The van der Waals surface area contributed by atoms with Crippen LogP contribution in [0.2, 0.25) is 0 Å². The Kier molecular flexibility index (Phi) is 6.74. The fourth-order valence-electron chi connectivity index (χ4n) is 4.94. The molecular weight excluding hydrogens is 504 g/mol. The van der Waals surface area contributed by atoms with Crippen LogP contribution in [-0.4, -0.2) is 35.2 Å². The maximum atomic E-state index is 12.2. The van der Waals surface area contributed by atoms with Gasteiger partial charge >= 0.3 is 5.97 Å². The normalized spacial score (nSPS) is 14.9. The van der Waals surface area contributed by atoms with E-state index >= 15 is 0 Å². The lowest BCUT2D eigenvalue weighted by molar-refractivity contribution is 0.0600. The highest BCUT2D eigenvalue weighted by Crippen LogP contribution is 2.38. The molecule has 200 valence electrons. The van der Waals surface area contributed by atoms with Crippen LogP contribution in [0.5, 0.6) is 5.75 Å². The second-order valence-electron chi connectivity index (χ2n) is 9.93. The summed E-state index contributed by atoms with van der Waals surface area (Å²) in [6.45, 7) is 4.04. The second-order valence-corrected chi connectivity index (χ2v) is 9.93. The van der Waals surface area contributed by atoms with Gasteiger partial charge in [0, 0.05) is 6.42 Å². The van der Waals surface area contributed by atoms with Gasteiger partial charge in [0.2, 0.25) is 0 Å². The third kappa shape index (κ3) is 5.03. The van der Waals surface area contributed by atoms with Crippen LogP contribution in [0.3, 0.4) is 0 Å². The van der Waals surface area contributed by atoms with Crippen LogP contribution in [0.15, 0.2) is 101 Å². The number of hydrazone groups is 1. The number of hydrogen-bond donors (Lipinski definition) is 0. The van der Waals surface area contributed by atoms with E-state index in [9.17, 15) is 4.79 Å². The molecule has 8 nitrogen and oxygen atoms in total. The second kappa shape index (κ2) is 10.6. The van der Waals surface area contributed by atoms with Crippen LogP contribution in [0, 0.1) is 0 Å². The van der Waals surface area contributed by atoms with Crippen molar-refractivity contribution in [1.29, 1.82) is 0 Å². The Morgan fingerprint density at radius 2 is 1.57 bits per heavy atom. The van der Waals surface area contributed by atoms with Gasteiger partial charge in [-0.15, -0.1) is 0 Å². The molecule has 1 unspecified atom stereocenters. The molecule has 1 aliphatic heterocycles. The molecule has 0 saturated carbocycles. The van der Waals surface area contributed by atoms with Gasteiger partial charge < -0.3 is 9.47 Å². The maximum absolute atomic E-state index is 12.2. The SMILES string of the molecule is COC(=O)c1cccc(N2N=C(c3ccc(-c4ccc(OC(C)C)cc4)cc3)CC2c2ccc3nonc3c2)c1. The highest BCUT2D eigenvalue weighted by Gasteiger charge is 2.31. The Hall–Kier alpha value is -4.98. The lowest BCUT2D eigenvalue weighted by atomic mass is 9.96. The molecule has 0 N–H and O–H groups in total. The predicted molar refractivity (Wildman–Crippen MR) is 154 cm³/mol. The minimum atomic E-state index is -0.392. The average molecular weight is 533 g/mol. The number of fused-ring (bicyclic) bond motifs is 1. The van der Waals surface area contributed by atoms with Crippen LogP contribution in [-0.2, 0) is 4.74 Å². The van der Waals surface area contributed by atoms with Crippen molar-refractivity contribution < 1.29 is 18.9 Å². The first-order chi connectivity index (χ1) is 19.5. The fourth-order valence-corrected chi connectivity index (χ4v) is 4.94. The quantitative estimate of drug-likeness (QED) is 0.213. The number of carbonyl (C=O) groups is 1.